The highest BCUT2D eigenvalue weighted by Crippen LogP contribution is 2.47. The summed E-state index contributed by atoms with van der Waals surface area (Å²) >= 11 is 19.7. The van der Waals surface area contributed by atoms with E-state index in [1.807, 2.05) is 0 Å². The molecule has 188 valence electrons. The highest BCUT2D eigenvalue weighted by Gasteiger charge is 2.33. The third kappa shape index (κ3) is 4.77. The molecule has 0 atom stereocenters. The molecule has 1 saturated heterocycles. The molecule has 2 aliphatic rings. The molecule has 0 saturated carbocycles. The van der Waals surface area contributed by atoms with Gasteiger partial charge in [0.25, 0.3) is 0 Å². The molecule has 3 aromatic rings. The summed E-state index contributed by atoms with van der Waals surface area (Å²) in [6.07, 6.45) is 2.91. The molecule has 5 rings (SSSR count). The number of halogens is 4. The zero-order valence-electron chi connectivity index (χ0n) is 20.3. The molecule has 1 fully saturated rings. The van der Waals surface area contributed by atoms with Crippen molar-refractivity contribution in [2.75, 3.05) is 18.0 Å². The average molecular weight is 546 g/mol. The predicted molar refractivity (Wildman–Crippen MR) is 147 cm³/mol. The Hall–Kier alpha value is -2.11. The maximum Gasteiger partial charge on any atom is 0.231 e. The van der Waals surface area contributed by atoms with Crippen LogP contribution in [-0.2, 0) is 11.2 Å². The molecule has 0 unspecified atom stereocenters. The molecule has 0 N–H and O–H groups in total. The van der Waals surface area contributed by atoms with Crippen LogP contribution in [0, 0.1) is 5.82 Å². The summed E-state index contributed by atoms with van der Waals surface area (Å²) in [5.41, 5.74) is 5.10. The van der Waals surface area contributed by atoms with E-state index in [0.717, 1.165) is 53.9 Å². The van der Waals surface area contributed by atoms with E-state index in [9.17, 15) is 9.18 Å². The van der Waals surface area contributed by atoms with Crippen molar-refractivity contribution in [1.82, 2.24) is 4.90 Å². The number of benzene rings is 3. The number of fused-ring (bicyclic) bond motifs is 1. The molecule has 2 heterocycles. The van der Waals surface area contributed by atoms with E-state index < -0.39 is 0 Å². The van der Waals surface area contributed by atoms with E-state index in [-0.39, 0.29) is 11.7 Å². The standard InChI is InChI=1S/C29H28Cl3FN2O/c1-17(2)34-12-10-18(11-13-34)19-14-23(21-7-6-20(33)16-26(21)32)22-8-9-28(36)35(27(22)15-19)29-24(30)4-3-5-25(29)31/h3-7,14-18H,8-13H2,1-2H3. The summed E-state index contributed by atoms with van der Waals surface area (Å²) in [7, 11) is 0. The Morgan fingerprint density at radius 3 is 2.22 bits per heavy atom. The number of hydrogen-bond acceptors (Lipinski definition) is 2. The second-order valence-corrected chi connectivity index (χ2v) is 11.1. The van der Waals surface area contributed by atoms with Gasteiger partial charge in [-0.1, -0.05) is 46.9 Å². The van der Waals surface area contributed by atoms with Gasteiger partial charge in [0, 0.05) is 18.0 Å². The zero-order chi connectivity index (χ0) is 25.6. The van der Waals surface area contributed by atoms with Gasteiger partial charge in [0.2, 0.25) is 5.91 Å². The number of amides is 1. The summed E-state index contributed by atoms with van der Waals surface area (Å²) in [6.45, 7) is 6.49. The van der Waals surface area contributed by atoms with E-state index in [1.165, 1.54) is 12.1 Å². The van der Waals surface area contributed by atoms with Crippen LogP contribution in [0.4, 0.5) is 15.8 Å². The van der Waals surface area contributed by atoms with Gasteiger partial charge in [0.05, 0.1) is 26.4 Å². The molecule has 0 aliphatic carbocycles. The Kier molecular flexibility index (Phi) is 7.33. The molecule has 3 aromatic carbocycles. The lowest BCUT2D eigenvalue weighted by Gasteiger charge is -2.37. The van der Waals surface area contributed by atoms with Crippen LogP contribution in [0.3, 0.4) is 0 Å². The minimum Gasteiger partial charge on any atom is -0.301 e. The van der Waals surface area contributed by atoms with Crippen molar-refractivity contribution < 1.29 is 9.18 Å². The number of piperidine rings is 1. The lowest BCUT2D eigenvalue weighted by Crippen LogP contribution is -2.38. The molecule has 2 aliphatic heterocycles. The van der Waals surface area contributed by atoms with Crippen LogP contribution in [0.25, 0.3) is 11.1 Å². The summed E-state index contributed by atoms with van der Waals surface area (Å²) in [5.74, 6) is -0.0983. The molecular weight excluding hydrogens is 518 g/mol. The van der Waals surface area contributed by atoms with Crippen LogP contribution in [0.15, 0.2) is 48.5 Å². The quantitative estimate of drug-likeness (QED) is 0.327. The van der Waals surface area contributed by atoms with E-state index >= 15 is 0 Å². The number of carbonyl (C=O) groups excluding carboxylic acids is 1. The first kappa shape index (κ1) is 25.5. The maximum atomic E-state index is 13.9. The van der Waals surface area contributed by atoms with Gasteiger partial charge in [0.1, 0.15) is 5.82 Å². The molecule has 0 aromatic heterocycles. The highest BCUT2D eigenvalue weighted by atomic mass is 35.5. The molecular formula is C29H28Cl3FN2O. The van der Waals surface area contributed by atoms with Gasteiger partial charge in [-0.25, -0.2) is 4.39 Å². The average Bonchev–Trinajstić information content (AvgIpc) is 2.84. The van der Waals surface area contributed by atoms with Crippen molar-refractivity contribution in [2.24, 2.45) is 0 Å². The molecule has 0 radical (unpaired) electrons. The first-order chi connectivity index (χ1) is 17.2. The molecule has 0 spiro atoms. The highest BCUT2D eigenvalue weighted by molar-refractivity contribution is 6.40. The summed E-state index contributed by atoms with van der Waals surface area (Å²) in [6, 6.07) is 14.6. The van der Waals surface area contributed by atoms with Gasteiger partial charge in [-0.15, -0.1) is 0 Å². The van der Waals surface area contributed by atoms with Crippen molar-refractivity contribution in [1.29, 1.82) is 0 Å². The summed E-state index contributed by atoms with van der Waals surface area (Å²) in [4.78, 5) is 17.5. The lowest BCUT2D eigenvalue weighted by atomic mass is 9.83. The van der Waals surface area contributed by atoms with Crippen LogP contribution in [0.1, 0.15) is 50.2 Å². The van der Waals surface area contributed by atoms with Gasteiger partial charge < -0.3 is 4.90 Å². The number of anilines is 2. The Labute approximate surface area is 226 Å². The molecule has 7 heteroatoms. The topological polar surface area (TPSA) is 23.6 Å². The van der Waals surface area contributed by atoms with Crippen molar-refractivity contribution in [3.05, 3.63) is 80.5 Å². The Bertz CT molecular complexity index is 1300. The molecule has 1 amide bonds. The SMILES string of the molecule is CC(C)N1CCC(c2cc(-c3ccc(F)cc3Cl)c3c(c2)N(c2c(Cl)cccc2Cl)C(=O)CC3)CC1. The summed E-state index contributed by atoms with van der Waals surface area (Å²) in [5, 5.41) is 1.18. The number of rotatable bonds is 4. The van der Waals surface area contributed by atoms with Gasteiger partial charge in [-0.05, 0) is 105 Å². The van der Waals surface area contributed by atoms with Gasteiger partial charge >= 0.3 is 0 Å². The Balaban J connectivity index is 1.70. The van der Waals surface area contributed by atoms with Crippen LogP contribution in [0.5, 0.6) is 0 Å². The van der Waals surface area contributed by atoms with Crippen LogP contribution >= 0.6 is 34.8 Å². The van der Waals surface area contributed by atoms with Crippen LogP contribution in [0.2, 0.25) is 15.1 Å². The number of para-hydroxylation sites is 1. The van der Waals surface area contributed by atoms with E-state index in [0.29, 0.717) is 45.6 Å². The van der Waals surface area contributed by atoms with Crippen molar-refractivity contribution in [3.63, 3.8) is 0 Å². The van der Waals surface area contributed by atoms with E-state index in [2.05, 4.69) is 30.9 Å². The Morgan fingerprint density at radius 1 is 0.889 bits per heavy atom. The fourth-order valence-electron chi connectivity index (χ4n) is 5.50. The molecule has 0 bridgehead atoms. The third-order valence-electron chi connectivity index (χ3n) is 7.44. The fraction of sp³-hybridized carbons (Fsp3) is 0.345. The second kappa shape index (κ2) is 10.3. The van der Waals surface area contributed by atoms with Gasteiger partial charge in [0.15, 0.2) is 0 Å². The minimum absolute atomic E-state index is 0.0552. The van der Waals surface area contributed by atoms with Crippen LogP contribution in [-0.4, -0.2) is 29.9 Å². The molecule has 36 heavy (non-hydrogen) atoms. The number of nitrogens with zero attached hydrogens (tertiary/aromatic N) is 2. The number of carbonyl (C=O) groups is 1. The largest absolute Gasteiger partial charge is 0.301 e. The fourth-order valence-corrected chi connectivity index (χ4v) is 6.34. The third-order valence-corrected chi connectivity index (χ3v) is 8.36. The summed E-state index contributed by atoms with van der Waals surface area (Å²) < 4.78 is 13.9. The number of likely N-dealkylation sites (tertiary alicyclic amines) is 1. The number of hydrogen-bond donors (Lipinski definition) is 0. The van der Waals surface area contributed by atoms with Crippen molar-refractivity contribution in [3.8, 4) is 11.1 Å². The van der Waals surface area contributed by atoms with Gasteiger partial charge in [-0.3, -0.25) is 9.69 Å². The zero-order valence-corrected chi connectivity index (χ0v) is 22.6. The predicted octanol–water partition coefficient (Wildman–Crippen LogP) is 8.65. The van der Waals surface area contributed by atoms with Gasteiger partial charge in [-0.2, -0.15) is 0 Å². The smallest absolute Gasteiger partial charge is 0.231 e. The monoisotopic (exact) mass is 544 g/mol. The normalized spacial score (nSPS) is 17.1. The first-order valence-electron chi connectivity index (χ1n) is 12.4. The first-order valence-corrected chi connectivity index (χ1v) is 13.5. The van der Waals surface area contributed by atoms with Crippen LogP contribution < -0.4 is 4.90 Å². The van der Waals surface area contributed by atoms with E-state index in [1.54, 1.807) is 29.2 Å². The lowest BCUT2D eigenvalue weighted by molar-refractivity contribution is -0.118. The maximum absolute atomic E-state index is 13.9. The van der Waals surface area contributed by atoms with Crippen molar-refractivity contribution >= 4 is 52.1 Å². The Morgan fingerprint density at radius 2 is 1.58 bits per heavy atom. The molecule has 3 nitrogen and oxygen atoms in total. The minimum atomic E-state index is -0.380. The second-order valence-electron chi connectivity index (χ2n) is 9.89. The van der Waals surface area contributed by atoms with Crippen molar-refractivity contribution in [2.45, 2.75) is 51.5 Å². The van der Waals surface area contributed by atoms with E-state index in [4.69, 9.17) is 34.8 Å².